The third-order valence-corrected chi connectivity index (χ3v) is 3.47. The maximum atomic E-state index is 6.24. The minimum absolute atomic E-state index is 0.237. The summed E-state index contributed by atoms with van der Waals surface area (Å²) >= 11 is 6.24. The molecule has 17 heavy (non-hydrogen) atoms. The van der Waals surface area contributed by atoms with Crippen LogP contribution in [0.1, 0.15) is 27.2 Å². The first kappa shape index (κ1) is 15.2. The van der Waals surface area contributed by atoms with E-state index in [0.717, 1.165) is 45.8 Å². The summed E-state index contributed by atoms with van der Waals surface area (Å²) < 4.78 is 5.73. The number of hydrogen-bond acceptors (Lipinski definition) is 3. The maximum Gasteiger partial charge on any atom is 0.0826 e. The van der Waals surface area contributed by atoms with Crippen LogP contribution in [0.2, 0.25) is 0 Å². The van der Waals surface area contributed by atoms with Gasteiger partial charge in [0.2, 0.25) is 0 Å². The van der Waals surface area contributed by atoms with Crippen molar-refractivity contribution in [2.45, 2.75) is 38.7 Å². The number of ether oxygens (including phenoxy) is 1. The number of rotatable bonds is 7. The summed E-state index contributed by atoms with van der Waals surface area (Å²) in [6.45, 7) is 12.5. The van der Waals surface area contributed by atoms with Gasteiger partial charge in [0.1, 0.15) is 0 Å². The summed E-state index contributed by atoms with van der Waals surface area (Å²) in [5.74, 6) is 0.667. The van der Waals surface area contributed by atoms with E-state index in [1.54, 1.807) is 0 Å². The molecule has 0 aromatic carbocycles. The average molecular weight is 263 g/mol. The second-order valence-corrected chi connectivity index (χ2v) is 5.89. The molecule has 0 aliphatic carbocycles. The van der Waals surface area contributed by atoms with E-state index in [1.165, 1.54) is 0 Å². The van der Waals surface area contributed by atoms with Crippen molar-refractivity contribution in [3.8, 4) is 0 Å². The van der Waals surface area contributed by atoms with Crippen LogP contribution in [-0.4, -0.2) is 55.7 Å². The SMILES string of the molecule is CCN1CCOC(CNCC(Cl)CC(C)C)C1. The molecular weight excluding hydrogens is 236 g/mol. The Labute approximate surface area is 111 Å². The molecule has 1 fully saturated rings. The van der Waals surface area contributed by atoms with E-state index >= 15 is 0 Å². The average Bonchev–Trinajstić information content (AvgIpc) is 2.28. The Morgan fingerprint density at radius 2 is 2.24 bits per heavy atom. The van der Waals surface area contributed by atoms with Gasteiger partial charge in [-0.05, 0) is 18.9 Å². The molecule has 102 valence electrons. The molecule has 0 radical (unpaired) electrons. The first-order valence-electron chi connectivity index (χ1n) is 6.80. The molecule has 1 aliphatic rings. The van der Waals surface area contributed by atoms with Crippen molar-refractivity contribution < 1.29 is 4.74 Å². The molecule has 2 unspecified atom stereocenters. The van der Waals surface area contributed by atoms with Gasteiger partial charge in [-0.2, -0.15) is 0 Å². The smallest absolute Gasteiger partial charge is 0.0826 e. The fraction of sp³-hybridized carbons (Fsp3) is 1.00. The Bertz CT molecular complexity index is 202. The van der Waals surface area contributed by atoms with Crippen LogP contribution >= 0.6 is 11.6 Å². The predicted octanol–water partition coefficient (Wildman–Crippen LogP) is 1.95. The topological polar surface area (TPSA) is 24.5 Å². The predicted molar refractivity (Wildman–Crippen MR) is 73.8 cm³/mol. The van der Waals surface area contributed by atoms with Crippen LogP contribution in [0.25, 0.3) is 0 Å². The second kappa shape index (κ2) is 8.30. The van der Waals surface area contributed by atoms with Crippen LogP contribution < -0.4 is 5.32 Å². The molecule has 0 spiro atoms. The van der Waals surface area contributed by atoms with Gasteiger partial charge in [0.15, 0.2) is 0 Å². The summed E-state index contributed by atoms with van der Waals surface area (Å²) in [6, 6.07) is 0. The summed E-state index contributed by atoms with van der Waals surface area (Å²) in [4.78, 5) is 2.43. The fourth-order valence-electron chi connectivity index (χ4n) is 2.19. The highest BCUT2D eigenvalue weighted by atomic mass is 35.5. The molecule has 1 aliphatic heterocycles. The van der Waals surface area contributed by atoms with Gasteiger partial charge < -0.3 is 10.1 Å². The summed E-state index contributed by atoms with van der Waals surface area (Å²) in [6.07, 6.45) is 1.40. The van der Waals surface area contributed by atoms with Crippen molar-refractivity contribution in [2.75, 3.05) is 39.3 Å². The molecule has 1 heterocycles. The standard InChI is InChI=1S/C13H27ClN2O/c1-4-16-5-6-17-13(10-16)9-15-8-12(14)7-11(2)3/h11-13,15H,4-10H2,1-3H3. The van der Waals surface area contributed by atoms with E-state index in [4.69, 9.17) is 16.3 Å². The zero-order valence-corrected chi connectivity index (χ0v) is 12.2. The Balaban J connectivity index is 2.09. The fourth-order valence-corrected chi connectivity index (χ4v) is 2.65. The van der Waals surface area contributed by atoms with Gasteiger partial charge in [-0.1, -0.05) is 20.8 Å². The number of nitrogens with one attached hydrogen (secondary N) is 1. The highest BCUT2D eigenvalue weighted by molar-refractivity contribution is 6.20. The number of halogens is 1. The minimum Gasteiger partial charge on any atom is -0.374 e. The van der Waals surface area contributed by atoms with Gasteiger partial charge in [0.25, 0.3) is 0 Å². The highest BCUT2D eigenvalue weighted by Crippen LogP contribution is 2.10. The van der Waals surface area contributed by atoms with Crippen LogP contribution in [0, 0.1) is 5.92 Å². The van der Waals surface area contributed by atoms with Crippen LogP contribution in [0.5, 0.6) is 0 Å². The molecule has 0 aromatic rings. The maximum absolute atomic E-state index is 6.24. The van der Waals surface area contributed by atoms with Crippen molar-refractivity contribution in [1.29, 1.82) is 0 Å². The molecule has 1 rings (SSSR count). The Morgan fingerprint density at radius 3 is 2.88 bits per heavy atom. The van der Waals surface area contributed by atoms with E-state index in [-0.39, 0.29) is 5.38 Å². The molecule has 0 aromatic heterocycles. The lowest BCUT2D eigenvalue weighted by molar-refractivity contribution is -0.0251. The monoisotopic (exact) mass is 262 g/mol. The van der Waals surface area contributed by atoms with Crippen LogP contribution in [0.3, 0.4) is 0 Å². The zero-order chi connectivity index (χ0) is 12.7. The lowest BCUT2D eigenvalue weighted by Gasteiger charge is -2.32. The number of likely N-dealkylation sites (N-methyl/N-ethyl adjacent to an activating group) is 1. The summed E-state index contributed by atoms with van der Waals surface area (Å²) in [7, 11) is 0. The van der Waals surface area contributed by atoms with Gasteiger partial charge in [-0.15, -0.1) is 11.6 Å². The van der Waals surface area contributed by atoms with Gasteiger partial charge >= 0.3 is 0 Å². The third kappa shape index (κ3) is 6.61. The van der Waals surface area contributed by atoms with E-state index in [9.17, 15) is 0 Å². The lowest BCUT2D eigenvalue weighted by Crippen LogP contribution is -2.47. The van der Waals surface area contributed by atoms with Crippen LogP contribution in [-0.2, 0) is 4.74 Å². The van der Waals surface area contributed by atoms with Crippen molar-refractivity contribution in [3.63, 3.8) is 0 Å². The van der Waals surface area contributed by atoms with Gasteiger partial charge in [-0.3, -0.25) is 4.90 Å². The van der Waals surface area contributed by atoms with E-state index in [2.05, 4.69) is 31.0 Å². The lowest BCUT2D eigenvalue weighted by atomic mass is 10.1. The normalized spacial score (nSPS) is 24.2. The second-order valence-electron chi connectivity index (χ2n) is 5.27. The Kier molecular flexibility index (Phi) is 7.44. The molecule has 3 nitrogen and oxygen atoms in total. The number of hydrogen-bond donors (Lipinski definition) is 1. The molecule has 0 amide bonds. The minimum atomic E-state index is 0.237. The summed E-state index contributed by atoms with van der Waals surface area (Å²) in [5, 5.41) is 3.66. The van der Waals surface area contributed by atoms with Crippen molar-refractivity contribution in [2.24, 2.45) is 5.92 Å². The number of nitrogens with zero attached hydrogens (tertiary/aromatic N) is 1. The van der Waals surface area contributed by atoms with Gasteiger partial charge in [0, 0.05) is 31.6 Å². The van der Waals surface area contributed by atoms with E-state index in [0.29, 0.717) is 12.0 Å². The highest BCUT2D eigenvalue weighted by Gasteiger charge is 2.19. The van der Waals surface area contributed by atoms with Gasteiger partial charge in [0.05, 0.1) is 12.7 Å². The van der Waals surface area contributed by atoms with Crippen LogP contribution in [0.4, 0.5) is 0 Å². The third-order valence-electron chi connectivity index (χ3n) is 3.14. The molecule has 1 saturated heterocycles. The quantitative estimate of drug-likeness (QED) is 0.710. The van der Waals surface area contributed by atoms with Crippen LogP contribution in [0.15, 0.2) is 0 Å². The first-order chi connectivity index (χ1) is 8.11. The Hall–Kier alpha value is 0.170. The van der Waals surface area contributed by atoms with E-state index in [1.807, 2.05) is 0 Å². The largest absolute Gasteiger partial charge is 0.374 e. The molecule has 2 atom stereocenters. The van der Waals surface area contributed by atoms with Crippen molar-refractivity contribution >= 4 is 11.6 Å². The Morgan fingerprint density at radius 1 is 1.47 bits per heavy atom. The molecule has 0 bridgehead atoms. The van der Waals surface area contributed by atoms with Gasteiger partial charge in [-0.25, -0.2) is 0 Å². The number of morpholine rings is 1. The van der Waals surface area contributed by atoms with E-state index < -0.39 is 0 Å². The molecule has 4 heteroatoms. The molecule has 1 N–H and O–H groups in total. The zero-order valence-electron chi connectivity index (χ0n) is 11.4. The van der Waals surface area contributed by atoms with Crippen molar-refractivity contribution in [3.05, 3.63) is 0 Å². The number of alkyl halides is 1. The van der Waals surface area contributed by atoms with Crippen molar-refractivity contribution in [1.82, 2.24) is 10.2 Å². The first-order valence-corrected chi connectivity index (χ1v) is 7.24. The summed E-state index contributed by atoms with van der Waals surface area (Å²) in [5.41, 5.74) is 0. The molecule has 0 saturated carbocycles. The molecular formula is C13H27ClN2O.